The van der Waals surface area contributed by atoms with E-state index in [4.69, 9.17) is 47.4 Å². The van der Waals surface area contributed by atoms with Crippen LogP contribution < -0.4 is 18.9 Å². The van der Waals surface area contributed by atoms with Crippen LogP contribution in [0.5, 0.6) is 23.0 Å². The normalized spacial score (nSPS) is 15.6. The molecule has 15 nitrogen and oxygen atoms in total. The van der Waals surface area contributed by atoms with Gasteiger partial charge >= 0.3 is 17.9 Å². The molecule has 2 aliphatic rings. The molecule has 0 aromatic heterocycles. The average Bonchev–Trinajstić information content (AvgIpc) is 4.32. The Kier molecular flexibility index (Phi) is 20.0. The lowest BCUT2D eigenvalue weighted by atomic mass is 9.78. The van der Waals surface area contributed by atoms with E-state index < -0.39 is 43.3 Å². The maximum Gasteiger partial charge on any atom is 0.339 e. The molecule has 4 atom stereocenters. The smallest absolute Gasteiger partial charge is 0.339 e. The molecule has 0 saturated carbocycles. The quantitative estimate of drug-likeness (QED) is 0.0233. The number of aliphatic hydroxyl groups excluding tert-OH is 2. The summed E-state index contributed by atoms with van der Waals surface area (Å²) >= 11 is 0. The van der Waals surface area contributed by atoms with Gasteiger partial charge in [0.1, 0.15) is 93.7 Å². The summed E-state index contributed by atoms with van der Waals surface area (Å²) in [5.74, 6) is -0.162. The van der Waals surface area contributed by atoms with Gasteiger partial charge in [0, 0.05) is 17.9 Å². The predicted molar refractivity (Wildman–Crippen MR) is 266 cm³/mol. The number of aliphatic hydroxyl groups is 2. The van der Waals surface area contributed by atoms with Gasteiger partial charge in [-0.1, -0.05) is 91.1 Å². The monoisotopic (exact) mass is 980 g/mol. The average molecular weight is 981 g/mol. The molecular weight excluding hydrogens is 913 g/mol. The zero-order valence-electron chi connectivity index (χ0n) is 39.6. The summed E-state index contributed by atoms with van der Waals surface area (Å²) in [7, 11) is 1.44. The van der Waals surface area contributed by atoms with Crippen LogP contribution in [0.4, 0.5) is 0 Å². The Labute approximate surface area is 416 Å². The standard InChI is InChI=1S/C54H60O15.2CH4/c1-53(2,38-11-19-44(20-12-38)64-31-46-33-66-46)36-7-15-42(16-8-36)62-27-40(55)29-68-50(57)35-6-23-48(51(58)61-25-24-60-5)49(26-35)52(59)69-30-41(56)28-63-43-17-9-37(10-18-43)54(3,4)39-13-21-45(22-14-39)65-32-47-34-67-47;;/h6-23,26,40-41,46-47,55-56H,24-25,27-34H2,1-5H3;2*1H4. The zero-order chi connectivity index (χ0) is 49.0. The van der Waals surface area contributed by atoms with E-state index in [0.29, 0.717) is 24.7 Å². The summed E-state index contributed by atoms with van der Waals surface area (Å²) in [6.07, 6.45) is -2.07. The van der Waals surface area contributed by atoms with Crippen molar-refractivity contribution in [3.8, 4) is 23.0 Å². The van der Waals surface area contributed by atoms with Crippen LogP contribution in [-0.2, 0) is 39.3 Å². The summed E-state index contributed by atoms with van der Waals surface area (Å²) in [5.41, 5.74) is 3.08. The van der Waals surface area contributed by atoms with Crippen molar-refractivity contribution in [1.82, 2.24) is 0 Å². The van der Waals surface area contributed by atoms with Crippen molar-refractivity contribution in [3.63, 3.8) is 0 Å². The van der Waals surface area contributed by atoms with Gasteiger partial charge in [0.2, 0.25) is 0 Å². The fourth-order valence-corrected chi connectivity index (χ4v) is 7.21. The molecule has 4 unspecified atom stereocenters. The van der Waals surface area contributed by atoms with E-state index in [0.717, 1.165) is 53.0 Å². The molecule has 382 valence electrons. The lowest BCUT2D eigenvalue weighted by molar-refractivity contribution is 0.0121. The Morgan fingerprint density at radius 3 is 1.25 bits per heavy atom. The maximum absolute atomic E-state index is 13.4. The Morgan fingerprint density at radius 1 is 0.507 bits per heavy atom. The van der Waals surface area contributed by atoms with E-state index in [1.54, 1.807) is 12.1 Å². The number of hydrogen-bond acceptors (Lipinski definition) is 15. The van der Waals surface area contributed by atoms with Crippen molar-refractivity contribution in [2.45, 2.75) is 77.8 Å². The van der Waals surface area contributed by atoms with E-state index in [-0.39, 0.29) is 81.0 Å². The minimum atomic E-state index is -1.24. The van der Waals surface area contributed by atoms with Crippen molar-refractivity contribution < 1.29 is 72.0 Å². The predicted octanol–water partition coefficient (Wildman–Crippen LogP) is 8.16. The third-order valence-electron chi connectivity index (χ3n) is 11.9. The van der Waals surface area contributed by atoms with Crippen LogP contribution >= 0.6 is 0 Å². The number of rotatable bonds is 26. The van der Waals surface area contributed by atoms with E-state index in [1.165, 1.54) is 19.2 Å². The second kappa shape index (κ2) is 25.6. The summed E-state index contributed by atoms with van der Waals surface area (Å²) in [4.78, 5) is 39.6. The summed E-state index contributed by atoms with van der Waals surface area (Å²) in [5, 5.41) is 21.4. The molecule has 5 aromatic carbocycles. The van der Waals surface area contributed by atoms with Gasteiger partial charge in [0.05, 0.1) is 36.5 Å². The highest BCUT2D eigenvalue weighted by Crippen LogP contribution is 2.35. The Hall–Kier alpha value is -6.49. The van der Waals surface area contributed by atoms with Crippen molar-refractivity contribution in [2.24, 2.45) is 0 Å². The maximum atomic E-state index is 13.4. The van der Waals surface area contributed by atoms with Crippen LogP contribution in [0.3, 0.4) is 0 Å². The van der Waals surface area contributed by atoms with Gasteiger partial charge in [-0.3, -0.25) is 0 Å². The van der Waals surface area contributed by atoms with Crippen LogP contribution in [0, 0.1) is 0 Å². The molecule has 71 heavy (non-hydrogen) atoms. The fraction of sp³-hybridized carbons (Fsp3) is 0.411. The van der Waals surface area contributed by atoms with Gasteiger partial charge in [-0.15, -0.1) is 0 Å². The largest absolute Gasteiger partial charge is 0.491 e. The lowest BCUT2D eigenvalue weighted by Gasteiger charge is -2.26. The van der Waals surface area contributed by atoms with Crippen LogP contribution in [0.15, 0.2) is 115 Å². The highest BCUT2D eigenvalue weighted by atomic mass is 16.6. The molecule has 7 rings (SSSR count). The van der Waals surface area contributed by atoms with Crippen LogP contribution in [0.25, 0.3) is 0 Å². The fourth-order valence-electron chi connectivity index (χ4n) is 7.21. The van der Waals surface area contributed by atoms with Gasteiger partial charge in [-0.2, -0.15) is 0 Å². The number of methoxy groups -OCH3 is 1. The van der Waals surface area contributed by atoms with Crippen molar-refractivity contribution in [3.05, 3.63) is 154 Å². The van der Waals surface area contributed by atoms with E-state index in [9.17, 15) is 24.6 Å². The Balaban J connectivity index is 0.00000469. The first-order valence-electron chi connectivity index (χ1n) is 22.9. The molecule has 0 bridgehead atoms. The third-order valence-corrected chi connectivity index (χ3v) is 11.9. The highest BCUT2D eigenvalue weighted by molar-refractivity contribution is 6.05. The van der Waals surface area contributed by atoms with E-state index >= 15 is 0 Å². The second-order valence-corrected chi connectivity index (χ2v) is 17.9. The SMILES string of the molecule is C.C.COCCOC(=O)c1ccc(C(=O)OCC(O)COc2ccc(C(C)(C)c3ccc(OCC4CO4)cc3)cc2)cc1C(=O)OCC(O)COc1ccc(C(C)(C)c2ccc(OCC3CO3)cc2)cc1. The topological polar surface area (TPSA) is 191 Å². The molecular formula is C56H68O15. The number of carbonyl (C=O) groups excluding carboxylic acids is 3. The van der Waals surface area contributed by atoms with Crippen LogP contribution in [0.2, 0.25) is 0 Å². The highest BCUT2D eigenvalue weighted by Gasteiger charge is 2.28. The minimum Gasteiger partial charge on any atom is -0.491 e. The van der Waals surface area contributed by atoms with E-state index in [1.807, 2.05) is 84.9 Å². The molecule has 15 heteroatoms. The van der Waals surface area contributed by atoms with Gasteiger partial charge in [-0.25, -0.2) is 14.4 Å². The van der Waals surface area contributed by atoms with Crippen molar-refractivity contribution in [1.29, 1.82) is 0 Å². The van der Waals surface area contributed by atoms with E-state index in [2.05, 4.69) is 27.7 Å². The van der Waals surface area contributed by atoms with Crippen molar-refractivity contribution >= 4 is 17.9 Å². The van der Waals surface area contributed by atoms with Crippen LogP contribution in [-0.4, -0.2) is 126 Å². The first kappa shape index (κ1) is 55.4. The molecule has 2 heterocycles. The van der Waals surface area contributed by atoms with Crippen LogP contribution in [0.1, 0.15) is 95.9 Å². The number of benzene rings is 5. The number of esters is 3. The molecule has 0 spiro atoms. The minimum absolute atomic E-state index is 0. The van der Waals surface area contributed by atoms with Gasteiger partial charge < -0.3 is 57.6 Å². The molecule has 0 radical (unpaired) electrons. The number of epoxide rings is 2. The van der Waals surface area contributed by atoms with Gasteiger partial charge in [-0.05, 0) is 89.0 Å². The summed E-state index contributed by atoms with van der Waals surface area (Å²) < 4.78 is 54.5. The summed E-state index contributed by atoms with van der Waals surface area (Å²) in [6, 6.07) is 34.6. The summed E-state index contributed by atoms with van der Waals surface area (Å²) in [6.45, 7) is 9.76. The van der Waals surface area contributed by atoms with Gasteiger partial charge in [0.15, 0.2) is 0 Å². The molecule has 2 N–H and O–H groups in total. The lowest BCUT2D eigenvalue weighted by Crippen LogP contribution is -2.27. The molecule has 2 fully saturated rings. The number of ether oxygens (including phenoxy) is 10. The molecule has 2 saturated heterocycles. The first-order chi connectivity index (χ1) is 33.2. The second-order valence-electron chi connectivity index (χ2n) is 17.9. The molecule has 0 amide bonds. The number of carbonyl (C=O) groups is 3. The molecule has 0 aliphatic carbocycles. The van der Waals surface area contributed by atoms with Gasteiger partial charge in [0.25, 0.3) is 0 Å². The van der Waals surface area contributed by atoms with Crippen molar-refractivity contribution in [2.75, 3.05) is 73.2 Å². The number of hydrogen-bond donors (Lipinski definition) is 2. The first-order valence-corrected chi connectivity index (χ1v) is 22.9. The zero-order valence-corrected chi connectivity index (χ0v) is 39.6. The Bertz CT molecular complexity index is 2460. The Morgan fingerprint density at radius 2 is 0.873 bits per heavy atom. The molecule has 2 aliphatic heterocycles. The molecule has 5 aromatic rings. The third kappa shape index (κ3) is 15.8.